The van der Waals surface area contributed by atoms with Crippen molar-refractivity contribution in [1.29, 1.82) is 0 Å². The molecular formula is C18H34N2. The first-order valence-electron chi connectivity index (χ1n) is 9.33. The van der Waals surface area contributed by atoms with E-state index in [-0.39, 0.29) is 0 Å². The molecule has 1 saturated heterocycles. The summed E-state index contributed by atoms with van der Waals surface area (Å²) in [5.41, 5.74) is 0.519. The van der Waals surface area contributed by atoms with E-state index in [9.17, 15) is 0 Å². The zero-order valence-electron chi connectivity index (χ0n) is 13.5. The number of hydrogen-bond donors (Lipinski definition) is 1. The summed E-state index contributed by atoms with van der Waals surface area (Å²) in [5.74, 6) is 1.08. The highest BCUT2D eigenvalue weighted by atomic mass is 15.2. The maximum atomic E-state index is 3.90. The Balaban J connectivity index is 1.70. The van der Waals surface area contributed by atoms with Crippen LogP contribution in [0.3, 0.4) is 0 Å². The number of nitrogens with zero attached hydrogens (tertiary/aromatic N) is 1. The second kappa shape index (κ2) is 6.79. The normalized spacial score (nSPS) is 28.6. The number of nitrogens with one attached hydrogen (secondary N) is 1. The first-order chi connectivity index (χ1) is 9.85. The molecule has 2 nitrogen and oxygen atoms in total. The lowest BCUT2D eigenvalue weighted by atomic mass is 9.81. The van der Waals surface area contributed by atoms with Crippen LogP contribution in [-0.2, 0) is 0 Å². The highest BCUT2D eigenvalue weighted by Crippen LogP contribution is 2.43. The lowest BCUT2D eigenvalue weighted by Crippen LogP contribution is -2.61. The SMILES string of the molecule is CCNC(CCC1CC1)C1(N2CCCCC2)CCCC1. The van der Waals surface area contributed by atoms with E-state index in [1.54, 1.807) is 0 Å². The number of hydrogen-bond acceptors (Lipinski definition) is 2. The average Bonchev–Trinajstić information content (AvgIpc) is 3.19. The first-order valence-corrected chi connectivity index (χ1v) is 9.33. The number of likely N-dealkylation sites (tertiary alicyclic amines) is 1. The van der Waals surface area contributed by atoms with Gasteiger partial charge < -0.3 is 5.32 Å². The van der Waals surface area contributed by atoms with Gasteiger partial charge in [-0.2, -0.15) is 0 Å². The molecule has 2 saturated carbocycles. The van der Waals surface area contributed by atoms with E-state index in [0.29, 0.717) is 5.54 Å². The fourth-order valence-electron chi connectivity index (χ4n) is 4.83. The van der Waals surface area contributed by atoms with Crippen molar-refractivity contribution in [2.75, 3.05) is 19.6 Å². The molecule has 3 rings (SSSR count). The summed E-state index contributed by atoms with van der Waals surface area (Å²) in [4.78, 5) is 2.91. The van der Waals surface area contributed by atoms with Crippen molar-refractivity contribution in [3.8, 4) is 0 Å². The second-order valence-electron chi connectivity index (χ2n) is 7.49. The van der Waals surface area contributed by atoms with Crippen LogP contribution in [0.1, 0.15) is 77.6 Å². The molecule has 0 aromatic rings. The molecule has 20 heavy (non-hydrogen) atoms. The van der Waals surface area contributed by atoms with Crippen LogP contribution in [0.25, 0.3) is 0 Å². The Kier molecular flexibility index (Phi) is 5.04. The predicted octanol–water partition coefficient (Wildman–Crippen LogP) is 3.95. The maximum absolute atomic E-state index is 3.90. The molecule has 1 aliphatic heterocycles. The van der Waals surface area contributed by atoms with Crippen LogP contribution in [0.2, 0.25) is 0 Å². The Morgan fingerprint density at radius 1 is 1.05 bits per heavy atom. The molecule has 3 aliphatic rings. The average molecular weight is 278 g/mol. The van der Waals surface area contributed by atoms with Crippen LogP contribution in [0.4, 0.5) is 0 Å². The monoisotopic (exact) mass is 278 g/mol. The third-order valence-electron chi connectivity index (χ3n) is 6.11. The van der Waals surface area contributed by atoms with Gasteiger partial charge in [-0.15, -0.1) is 0 Å². The van der Waals surface area contributed by atoms with E-state index >= 15 is 0 Å². The third kappa shape index (κ3) is 3.22. The van der Waals surface area contributed by atoms with Gasteiger partial charge >= 0.3 is 0 Å². The zero-order valence-corrected chi connectivity index (χ0v) is 13.5. The number of rotatable bonds is 7. The van der Waals surface area contributed by atoms with E-state index in [0.717, 1.165) is 18.5 Å². The van der Waals surface area contributed by atoms with Crippen molar-refractivity contribution in [3.05, 3.63) is 0 Å². The molecule has 3 fully saturated rings. The topological polar surface area (TPSA) is 15.3 Å². The van der Waals surface area contributed by atoms with Crippen molar-refractivity contribution in [1.82, 2.24) is 10.2 Å². The largest absolute Gasteiger partial charge is 0.312 e. The van der Waals surface area contributed by atoms with Crippen molar-refractivity contribution < 1.29 is 0 Å². The zero-order chi connectivity index (χ0) is 13.8. The molecule has 0 bridgehead atoms. The molecule has 2 aliphatic carbocycles. The molecular weight excluding hydrogens is 244 g/mol. The minimum absolute atomic E-state index is 0.519. The van der Waals surface area contributed by atoms with Crippen LogP contribution in [0, 0.1) is 5.92 Å². The van der Waals surface area contributed by atoms with E-state index < -0.39 is 0 Å². The Morgan fingerprint density at radius 3 is 2.35 bits per heavy atom. The molecule has 0 aromatic carbocycles. The van der Waals surface area contributed by atoms with Gasteiger partial charge in [0, 0.05) is 11.6 Å². The molecule has 1 unspecified atom stereocenters. The Morgan fingerprint density at radius 2 is 1.75 bits per heavy atom. The van der Waals surface area contributed by atoms with Gasteiger partial charge in [-0.1, -0.05) is 39.0 Å². The minimum atomic E-state index is 0.519. The highest BCUT2D eigenvalue weighted by molar-refractivity contribution is 5.04. The van der Waals surface area contributed by atoms with E-state index in [2.05, 4.69) is 17.1 Å². The number of piperidine rings is 1. The highest BCUT2D eigenvalue weighted by Gasteiger charge is 2.45. The summed E-state index contributed by atoms with van der Waals surface area (Å²) >= 11 is 0. The third-order valence-corrected chi connectivity index (χ3v) is 6.11. The molecule has 0 aromatic heterocycles. The van der Waals surface area contributed by atoms with Gasteiger partial charge in [-0.3, -0.25) is 4.90 Å². The first kappa shape index (κ1) is 14.8. The molecule has 1 N–H and O–H groups in total. The summed E-state index contributed by atoms with van der Waals surface area (Å²) in [6, 6.07) is 0.758. The lowest BCUT2D eigenvalue weighted by molar-refractivity contribution is 0.0334. The standard InChI is InChI=1S/C18H34N2/c1-2-19-17(11-10-16-8-9-16)18(12-4-5-13-18)20-14-6-3-7-15-20/h16-17,19H,2-15H2,1H3. The van der Waals surface area contributed by atoms with Gasteiger partial charge in [0.15, 0.2) is 0 Å². The molecule has 116 valence electrons. The van der Waals surface area contributed by atoms with Crippen LogP contribution < -0.4 is 5.32 Å². The molecule has 0 spiro atoms. The van der Waals surface area contributed by atoms with Crippen molar-refractivity contribution in [2.24, 2.45) is 5.92 Å². The Hall–Kier alpha value is -0.0800. The summed E-state index contributed by atoms with van der Waals surface area (Å²) in [6.07, 6.45) is 16.1. The maximum Gasteiger partial charge on any atom is 0.0362 e. The minimum Gasteiger partial charge on any atom is -0.312 e. The summed E-state index contributed by atoms with van der Waals surface area (Å²) in [7, 11) is 0. The Labute approximate surface area is 125 Å². The Bertz CT molecular complexity index is 286. The van der Waals surface area contributed by atoms with E-state index in [4.69, 9.17) is 0 Å². The van der Waals surface area contributed by atoms with E-state index in [1.165, 1.54) is 83.7 Å². The number of likely N-dealkylation sites (N-methyl/N-ethyl adjacent to an activating group) is 1. The fourth-order valence-corrected chi connectivity index (χ4v) is 4.83. The summed E-state index contributed by atoms with van der Waals surface area (Å²) < 4.78 is 0. The van der Waals surface area contributed by atoms with Gasteiger partial charge in [0.1, 0.15) is 0 Å². The molecule has 0 radical (unpaired) electrons. The van der Waals surface area contributed by atoms with Gasteiger partial charge in [-0.25, -0.2) is 0 Å². The predicted molar refractivity (Wildman–Crippen MR) is 86.0 cm³/mol. The van der Waals surface area contributed by atoms with Crippen molar-refractivity contribution in [3.63, 3.8) is 0 Å². The van der Waals surface area contributed by atoms with Crippen LogP contribution in [-0.4, -0.2) is 36.1 Å². The molecule has 1 heterocycles. The van der Waals surface area contributed by atoms with Gasteiger partial charge in [0.2, 0.25) is 0 Å². The molecule has 0 amide bonds. The van der Waals surface area contributed by atoms with Crippen molar-refractivity contribution >= 4 is 0 Å². The van der Waals surface area contributed by atoms with Crippen molar-refractivity contribution in [2.45, 2.75) is 89.1 Å². The van der Waals surface area contributed by atoms with Crippen LogP contribution in [0.5, 0.6) is 0 Å². The fraction of sp³-hybridized carbons (Fsp3) is 1.00. The smallest absolute Gasteiger partial charge is 0.0362 e. The van der Waals surface area contributed by atoms with Crippen LogP contribution in [0.15, 0.2) is 0 Å². The van der Waals surface area contributed by atoms with Crippen LogP contribution >= 0.6 is 0 Å². The quantitative estimate of drug-likeness (QED) is 0.758. The lowest BCUT2D eigenvalue weighted by Gasteiger charge is -2.49. The summed E-state index contributed by atoms with van der Waals surface area (Å²) in [6.45, 7) is 6.17. The van der Waals surface area contributed by atoms with Gasteiger partial charge in [0.25, 0.3) is 0 Å². The molecule has 1 atom stereocenters. The second-order valence-corrected chi connectivity index (χ2v) is 7.49. The van der Waals surface area contributed by atoms with E-state index in [1.807, 2.05) is 0 Å². The van der Waals surface area contributed by atoms with Gasteiger partial charge in [-0.05, 0) is 64.1 Å². The summed E-state index contributed by atoms with van der Waals surface area (Å²) in [5, 5.41) is 3.90. The molecule has 2 heteroatoms. The van der Waals surface area contributed by atoms with Gasteiger partial charge in [0.05, 0.1) is 0 Å².